The minimum Gasteiger partial charge on any atom is -0.367 e. The summed E-state index contributed by atoms with van der Waals surface area (Å²) in [6.07, 6.45) is 3.96. The van der Waals surface area contributed by atoms with Gasteiger partial charge in [0.15, 0.2) is 18.0 Å². The lowest BCUT2D eigenvalue weighted by atomic mass is 9.87. The number of guanidine groups is 1. The number of dihydropyridines is 1. The molecular weight excluding hydrogens is 582 g/mol. The molecule has 0 saturated carbocycles. The highest BCUT2D eigenvalue weighted by molar-refractivity contribution is 6.29. The Balaban J connectivity index is 1.22. The SMILES string of the molecule is CN1CCN(C2=CC=C(C(=O)N3CCC4(CC3)CN(N)/C(=N\C(=O)C3NC(Cl)=C(N=NN)NC3N=NN)N4N)CN2)CC1. The van der Waals surface area contributed by atoms with E-state index in [-0.39, 0.29) is 22.8 Å². The molecule has 19 nitrogen and oxygen atoms in total. The maximum atomic E-state index is 13.3. The molecule has 11 N–H and O–H groups in total. The third-order valence-corrected chi connectivity index (χ3v) is 8.65. The summed E-state index contributed by atoms with van der Waals surface area (Å²) in [4.78, 5) is 37.2. The summed E-state index contributed by atoms with van der Waals surface area (Å²) in [6.45, 7) is 5.66. The zero-order chi connectivity index (χ0) is 30.7. The van der Waals surface area contributed by atoms with Crippen LogP contribution in [0.3, 0.4) is 0 Å². The number of carbonyl (C=O) groups excluding carboxylic acids is 2. The Bertz CT molecular complexity index is 1280. The van der Waals surface area contributed by atoms with Gasteiger partial charge in [-0.1, -0.05) is 22.0 Å². The summed E-state index contributed by atoms with van der Waals surface area (Å²) in [5, 5.41) is 25.5. The second kappa shape index (κ2) is 12.6. The molecule has 3 saturated heterocycles. The van der Waals surface area contributed by atoms with E-state index in [1.807, 2.05) is 17.1 Å². The zero-order valence-corrected chi connectivity index (χ0v) is 24.6. The Morgan fingerprint density at radius 1 is 1.02 bits per heavy atom. The van der Waals surface area contributed by atoms with Gasteiger partial charge < -0.3 is 42.3 Å². The number of nitrogens with two attached hydrogens (primary N) is 4. The number of nitrogens with one attached hydrogen (secondary N) is 3. The van der Waals surface area contributed by atoms with Crippen LogP contribution < -0.4 is 39.3 Å². The van der Waals surface area contributed by atoms with Gasteiger partial charge in [0.2, 0.25) is 5.96 Å². The molecule has 0 aliphatic carbocycles. The molecule has 5 heterocycles. The number of carbonyl (C=O) groups is 2. The monoisotopic (exact) mass is 619 g/mol. The number of hydrazine groups is 2. The van der Waals surface area contributed by atoms with Crippen molar-refractivity contribution in [2.75, 3.05) is 59.4 Å². The third kappa shape index (κ3) is 6.14. The van der Waals surface area contributed by atoms with Gasteiger partial charge in [-0.15, -0.1) is 10.2 Å². The third-order valence-electron chi connectivity index (χ3n) is 8.37. The fourth-order valence-electron chi connectivity index (χ4n) is 5.79. The first kappa shape index (κ1) is 30.3. The number of hydrogen-bond donors (Lipinski definition) is 7. The smallest absolute Gasteiger partial charge is 0.275 e. The van der Waals surface area contributed by atoms with E-state index in [1.165, 1.54) is 10.0 Å². The number of nitrogens with zero attached hydrogens (tertiary/aromatic N) is 10. The number of piperidine rings is 1. The van der Waals surface area contributed by atoms with Crippen LogP contribution in [0.5, 0.6) is 0 Å². The van der Waals surface area contributed by atoms with Crippen molar-refractivity contribution in [1.29, 1.82) is 0 Å². The summed E-state index contributed by atoms with van der Waals surface area (Å²) in [5.41, 5.74) is 0.0962. The van der Waals surface area contributed by atoms with Gasteiger partial charge >= 0.3 is 0 Å². The predicted molar refractivity (Wildman–Crippen MR) is 156 cm³/mol. The number of aliphatic imine (C=N–C) groups is 1. The van der Waals surface area contributed by atoms with Crippen LogP contribution in [0.25, 0.3) is 0 Å². The average Bonchev–Trinajstić information content (AvgIpc) is 3.23. The summed E-state index contributed by atoms with van der Waals surface area (Å²) < 4.78 is 0. The van der Waals surface area contributed by atoms with Crippen LogP contribution in [0.15, 0.2) is 60.2 Å². The van der Waals surface area contributed by atoms with E-state index in [0.29, 0.717) is 44.6 Å². The summed E-state index contributed by atoms with van der Waals surface area (Å²) >= 11 is 6.17. The molecule has 0 aromatic rings. The molecule has 5 aliphatic heterocycles. The maximum Gasteiger partial charge on any atom is 0.275 e. The number of piperazine rings is 1. The van der Waals surface area contributed by atoms with Crippen molar-refractivity contribution in [3.63, 3.8) is 0 Å². The van der Waals surface area contributed by atoms with Crippen LogP contribution >= 0.6 is 11.6 Å². The highest BCUT2D eigenvalue weighted by atomic mass is 35.5. The predicted octanol–water partition coefficient (Wildman–Crippen LogP) is -2.88. The molecule has 3 fully saturated rings. The van der Waals surface area contributed by atoms with Gasteiger partial charge in [0.1, 0.15) is 11.0 Å². The van der Waals surface area contributed by atoms with Crippen molar-refractivity contribution in [3.8, 4) is 0 Å². The minimum atomic E-state index is -1.11. The summed E-state index contributed by atoms with van der Waals surface area (Å²) in [5.74, 6) is 23.6. The first-order valence-electron chi connectivity index (χ1n) is 13.9. The lowest BCUT2D eigenvalue weighted by molar-refractivity contribution is -0.129. The van der Waals surface area contributed by atoms with Crippen LogP contribution in [-0.2, 0) is 9.59 Å². The molecule has 0 radical (unpaired) electrons. The summed E-state index contributed by atoms with van der Waals surface area (Å²) in [7, 11) is 2.12. The second-order valence-corrected chi connectivity index (χ2v) is 11.4. The first-order valence-corrected chi connectivity index (χ1v) is 14.2. The molecule has 0 aromatic heterocycles. The number of hydrogen-bond acceptors (Lipinski definition) is 13. The first-order chi connectivity index (χ1) is 20.7. The van der Waals surface area contributed by atoms with Crippen LogP contribution in [0.2, 0.25) is 0 Å². The highest BCUT2D eigenvalue weighted by Crippen LogP contribution is 2.33. The number of amides is 2. The van der Waals surface area contributed by atoms with E-state index >= 15 is 0 Å². The van der Waals surface area contributed by atoms with E-state index in [4.69, 9.17) is 35.0 Å². The molecule has 0 bridgehead atoms. The molecule has 5 aliphatic rings. The van der Waals surface area contributed by atoms with Crippen molar-refractivity contribution < 1.29 is 9.59 Å². The van der Waals surface area contributed by atoms with E-state index in [0.717, 1.165) is 32.0 Å². The number of allylic oxidation sites excluding steroid dienone is 2. The van der Waals surface area contributed by atoms with Gasteiger partial charge in [-0.05, 0) is 32.0 Å². The normalized spacial score (nSPS) is 27.5. The van der Waals surface area contributed by atoms with Crippen LogP contribution in [-0.4, -0.2) is 120 Å². The van der Waals surface area contributed by atoms with Gasteiger partial charge in [-0.3, -0.25) is 19.6 Å². The van der Waals surface area contributed by atoms with Crippen molar-refractivity contribution >= 4 is 29.4 Å². The van der Waals surface area contributed by atoms with Gasteiger partial charge in [0.25, 0.3) is 11.8 Å². The zero-order valence-electron chi connectivity index (χ0n) is 23.9. The van der Waals surface area contributed by atoms with Crippen molar-refractivity contribution in [3.05, 3.63) is 34.5 Å². The van der Waals surface area contributed by atoms with Gasteiger partial charge in [-0.2, -0.15) is 4.99 Å². The lowest BCUT2D eigenvalue weighted by Gasteiger charge is -2.42. The van der Waals surface area contributed by atoms with Crippen LogP contribution in [0.1, 0.15) is 12.8 Å². The number of likely N-dealkylation sites (tertiary alicyclic amines) is 1. The van der Waals surface area contributed by atoms with E-state index < -0.39 is 23.7 Å². The number of rotatable bonds is 5. The molecule has 2 amide bonds. The average molecular weight is 620 g/mol. The molecule has 2 atom stereocenters. The van der Waals surface area contributed by atoms with Crippen molar-refractivity contribution in [1.82, 2.24) is 40.7 Å². The molecule has 5 rings (SSSR count). The van der Waals surface area contributed by atoms with Gasteiger partial charge in [0, 0.05) is 51.4 Å². The molecule has 2 unspecified atom stereocenters. The van der Waals surface area contributed by atoms with E-state index in [2.05, 4.69) is 58.5 Å². The topological polar surface area (TPSA) is 252 Å². The standard InChI is InChI=1S/C23H38ClN17O2/c1-37-8-10-38(11-9-37)15-3-2-14(12-29-15)21(43)39-6-4-23(5-7-39)13-40(27)22(41(23)28)32-20(42)16-18(33-35-25)31-19(34-36-26)17(24)30-16/h2-3,16,18,29-31H,4-13,27-28H2,1H3,(H2,25,33)(H2,26,34)/b32-22+. The minimum absolute atomic E-state index is 0.0132. The molecule has 234 valence electrons. The van der Waals surface area contributed by atoms with E-state index in [9.17, 15) is 9.59 Å². The quantitative estimate of drug-likeness (QED) is 0.0707. The number of likely N-dealkylation sites (N-methyl/N-ethyl adjacent to an activating group) is 1. The van der Waals surface area contributed by atoms with Crippen LogP contribution in [0.4, 0.5) is 0 Å². The highest BCUT2D eigenvalue weighted by Gasteiger charge is 2.49. The molecule has 1 spiro atoms. The Morgan fingerprint density at radius 3 is 2.37 bits per heavy atom. The Hall–Kier alpha value is -4.20. The molecule has 20 heteroatoms. The fourth-order valence-corrected chi connectivity index (χ4v) is 6.00. The lowest BCUT2D eigenvalue weighted by Crippen LogP contribution is -2.59. The molecule has 43 heavy (non-hydrogen) atoms. The largest absolute Gasteiger partial charge is 0.367 e. The maximum absolute atomic E-state index is 13.3. The second-order valence-electron chi connectivity index (χ2n) is 11.0. The Morgan fingerprint density at radius 2 is 1.74 bits per heavy atom. The molecule has 0 aromatic carbocycles. The Kier molecular flexibility index (Phi) is 8.85. The van der Waals surface area contributed by atoms with Gasteiger partial charge in [0.05, 0.1) is 12.1 Å². The van der Waals surface area contributed by atoms with Gasteiger partial charge in [-0.25, -0.2) is 11.7 Å². The summed E-state index contributed by atoms with van der Waals surface area (Å²) in [6, 6.07) is -1.11. The number of halogens is 1. The van der Waals surface area contributed by atoms with Crippen molar-refractivity contribution in [2.45, 2.75) is 30.6 Å². The Labute approximate surface area is 253 Å². The van der Waals surface area contributed by atoms with Crippen LogP contribution in [0, 0.1) is 0 Å². The van der Waals surface area contributed by atoms with E-state index in [1.54, 1.807) is 0 Å². The molecular formula is C23H38ClN17O2. The van der Waals surface area contributed by atoms with Crippen molar-refractivity contribution in [2.24, 2.45) is 49.0 Å². The fraction of sp³-hybridized carbons (Fsp3) is 0.609.